The molecule has 29 heavy (non-hydrogen) atoms. The Kier molecular flexibility index (Phi) is 5.67. The molecule has 0 saturated carbocycles. The summed E-state index contributed by atoms with van der Waals surface area (Å²) >= 11 is 1.52. The molecule has 1 saturated heterocycles. The van der Waals surface area contributed by atoms with Crippen molar-refractivity contribution >= 4 is 34.7 Å². The minimum Gasteiger partial charge on any atom is -0.312 e. The summed E-state index contributed by atoms with van der Waals surface area (Å²) in [6, 6.07) is 9.37. The van der Waals surface area contributed by atoms with E-state index >= 15 is 0 Å². The van der Waals surface area contributed by atoms with Crippen molar-refractivity contribution in [2.45, 2.75) is 45.4 Å². The molecule has 6 nitrogen and oxygen atoms in total. The van der Waals surface area contributed by atoms with Crippen LogP contribution in [0.15, 0.2) is 30.3 Å². The lowest BCUT2D eigenvalue weighted by atomic mass is 9.90. The largest absolute Gasteiger partial charge is 0.312 e. The molecule has 1 aromatic carbocycles. The Morgan fingerprint density at radius 1 is 1.17 bits per heavy atom. The lowest BCUT2D eigenvalue weighted by Crippen LogP contribution is -2.42. The molecule has 1 aliphatic heterocycles. The van der Waals surface area contributed by atoms with Crippen LogP contribution >= 0.6 is 11.3 Å². The van der Waals surface area contributed by atoms with E-state index in [9.17, 15) is 14.4 Å². The number of amides is 3. The van der Waals surface area contributed by atoms with Gasteiger partial charge in [0.15, 0.2) is 0 Å². The lowest BCUT2D eigenvalue weighted by Gasteiger charge is -2.16. The van der Waals surface area contributed by atoms with E-state index in [1.54, 1.807) is 4.90 Å². The summed E-state index contributed by atoms with van der Waals surface area (Å²) in [6.07, 6.45) is 4.85. The molecule has 2 aliphatic rings. The minimum absolute atomic E-state index is 0.142. The number of aryl methyl sites for hydroxylation is 1. The summed E-state index contributed by atoms with van der Waals surface area (Å²) in [5.74, 6) is 0.247. The number of hydrazine groups is 1. The zero-order valence-electron chi connectivity index (χ0n) is 16.5. The van der Waals surface area contributed by atoms with Crippen molar-refractivity contribution in [2.75, 3.05) is 11.4 Å². The van der Waals surface area contributed by atoms with Crippen molar-refractivity contribution in [2.24, 2.45) is 5.92 Å². The van der Waals surface area contributed by atoms with Gasteiger partial charge >= 0.3 is 0 Å². The molecule has 1 aromatic heterocycles. The summed E-state index contributed by atoms with van der Waals surface area (Å²) in [5.41, 5.74) is 7.97. The minimum atomic E-state index is -0.279. The van der Waals surface area contributed by atoms with Gasteiger partial charge in [-0.25, -0.2) is 0 Å². The van der Waals surface area contributed by atoms with Gasteiger partial charge < -0.3 is 4.90 Å². The number of rotatable bonds is 4. The first-order valence-electron chi connectivity index (χ1n) is 10.1. The number of thiophene rings is 1. The number of anilines is 1. The van der Waals surface area contributed by atoms with Gasteiger partial charge in [-0.3, -0.25) is 25.2 Å². The third-order valence-corrected chi connectivity index (χ3v) is 6.79. The van der Waals surface area contributed by atoms with E-state index < -0.39 is 0 Å². The normalized spacial score (nSPS) is 18.4. The molecule has 0 spiro atoms. The topological polar surface area (TPSA) is 78.5 Å². The van der Waals surface area contributed by atoms with Gasteiger partial charge in [-0.15, -0.1) is 11.3 Å². The standard InChI is InChI=1S/C22H25N3O3S/c1-14-4-9-18-16(11-14)13-19(29-18)22(28)24-23-20(26)12-15-5-7-17(8-6-15)25-10-2-3-21(25)27/h5-8,13-14H,2-4,9-12H2,1H3,(H,23,26)(H,24,28)/t14-/m1/s1. The quantitative estimate of drug-likeness (QED) is 0.759. The highest BCUT2D eigenvalue weighted by molar-refractivity contribution is 7.14. The SMILES string of the molecule is C[C@@H]1CCc2sc(C(=O)NNC(=O)Cc3ccc(N4CCCC4=O)cc3)cc2C1. The van der Waals surface area contributed by atoms with Crippen LogP contribution in [0, 0.1) is 5.92 Å². The lowest BCUT2D eigenvalue weighted by molar-refractivity contribution is -0.121. The molecule has 0 radical (unpaired) electrons. The number of benzene rings is 1. The van der Waals surface area contributed by atoms with E-state index in [-0.39, 0.29) is 24.1 Å². The van der Waals surface area contributed by atoms with Gasteiger partial charge in [0.05, 0.1) is 11.3 Å². The zero-order valence-corrected chi connectivity index (χ0v) is 17.3. The highest BCUT2D eigenvalue weighted by atomic mass is 32.1. The first-order valence-corrected chi connectivity index (χ1v) is 10.9. The smallest absolute Gasteiger partial charge is 0.279 e. The monoisotopic (exact) mass is 411 g/mol. The van der Waals surface area contributed by atoms with Crippen LogP contribution in [0.5, 0.6) is 0 Å². The molecule has 0 unspecified atom stereocenters. The van der Waals surface area contributed by atoms with Gasteiger partial charge in [-0.1, -0.05) is 19.1 Å². The van der Waals surface area contributed by atoms with Crippen molar-refractivity contribution in [3.63, 3.8) is 0 Å². The fourth-order valence-electron chi connectivity index (χ4n) is 3.95. The van der Waals surface area contributed by atoms with E-state index in [4.69, 9.17) is 0 Å². The highest BCUT2D eigenvalue weighted by Crippen LogP contribution is 2.32. The molecule has 0 bridgehead atoms. The number of carbonyl (C=O) groups excluding carboxylic acids is 3. The van der Waals surface area contributed by atoms with E-state index in [1.165, 1.54) is 21.8 Å². The Balaban J connectivity index is 1.29. The third-order valence-electron chi connectivity index (χ3n) is 5.55. The Morgan fingerprint density at radius 3 is 2.69 bits per heavy atom. The number of fused-ring (bicyclic) bond motifs is 1. The third kappa shape index (κ3) is 4.50. The number of nitrogens with one attached hydrogen (secondary N) is 2. The van der Waals surface area contributed by atoms with Crippen molar-refractivity contribution in [3.8, 4) is 0 Å². The number of carbonyl (C=O) groups is 3. The molecule has 1 aliphatic carbocycles. The van der Waals surface area contributed by atoms with Crippen LogP contribution in [-0.2, 0) is 28.9 Å². The first-order chi connectivity index (χ1) is 14.0. The van der Waals surface area contributed by atoms with Crippen LogP contribution in [0.25, 0.3) is 0 Å². The second kappa shape index (κ2) is 8.37. The average molecular weight is 412 g/mol. The summed E-state index contributed by atoms with van der Waals surface area (Å²) in [4.78, 5) is 40.1. The highest BCUT2D eigenvalue weighted by Gasteiger charge is 2.22. The molecular weight excluding hydrogens is 386 g/mol. The molecule has 152 valence electrons. The molecule has 1 atom stereocenters. The maximum absolute atomic E-state index is 12.4. The van der Waals surface area contributed by atoms with Gasteiger partial charge in [-0.05, 0) is 60.9 Å². The molecule has 3 amide bonds. The van der Waals surface area contributed by atoms with Crippen LogP contribution in [0.2, 0.25) is 0 Å². The van der Waals surface area contributed by atoms with Crippen LogP contribution in [-0.4, -0.2) is 24.3 Å². The molecule has 1 fully saturated rings. The van der Waals surface area contributed by atoms with Gasteiger partial charge in [0, 0.05) is 23.5 Å². The maximum Gasteiger partial charge on any atom is 0.279 e. The average Bonchev–Trinajstić information content (AvgIpc) is 3.32. The predicted octanol–water partition coefficient (Wildman–Crippen LogP) is 3.00. The molecule has 2 N–H and O–H groups in total. The molecule has 4 rings (SSSR count). The Bertz CT molecular complexity index is 935. The Morgan fingerprint density at radius 2 is 1.97 bits per heavy atom. The van der Waals surface area contributed by atoms with Gasteiger partial charge in [0.1, 0.15) is 0 Å². The Hall–Kier alpha value is -2.67. The Labute approximate surface area is 174 Å². The van der Waals surface area contributed by atoms with Gasteiger partial charge in [0.2, 0.25) is 11.8 Å². The summed E-state index contributed by atoms with van der Waals surface area (Å²) in [7, 11) is 0. The number of hydrogen-bond donors (Lipinski definition) is 2. The van der Waals surface area contributed by atoms with Crippen LogP contribution in [0.3, 0.4) is 0 Å². The van der Waals surface area contributed by atoms with Gasteiger partial charge in [0.25, 0.3) is 5.91 Å². The van der Waals surface area contributed by atoms with E-state index in [0.29, 0.717) is 17.2 Å². The second-order valence-electron chi connectivity index (χ2n) is 7.90. The number of nitrogens with zero attached hydrogens (tertiary/aromatic N) is 1. The maximum atomic E-state index is 12.4. The van der Waals surface area contributed by atoms with Gasteiger partial charge in [-0.2, -0.15) is 0 Å². The van der Waals surface area contributed by atoms with E-state index in [1.807, 2.05) is 30.3 Å². The van der Waals surface area contributed by atoms with Crippen LogP contribution < -0.4 is 15.8 Å². The van der Waals surface area contributed by atoms with Crippen molar-refractivity contribution < 1.29 is 14.4 Å². The summed E-state index contributed by atoms with van der Waals surface area (Å²) < 4.78 is 0. The molecular formula is C22H25N3O3S. The van der Waals surface area contributed by atoms with Crippen molar-refractivity contribution in [1.82, 2.24) is 10.9 Å². The number of hydrogen-bond acceptors (Lipinski definition) is 4. The fraction of sp³-hybridized carbons (Fsp3) is 0.409. The van der Waals surface area contributed by atoms with Crippen LogP contribution in [0.4, 0.5) is 5.69 Å². The zero-order chi connectivity index (χ0) is 20.4. The summed E-state index contributed by atoms with van der Waals surface area (Å²) in [5, 5.41) is 0. The van der Waals surface area contributed by atoms with E-state index in [0.717, 1.165) is 43.5 Å². The first kappa shape index (κ1) is 19.6. The fourth-order valence-corrected chi connectivity index (χ4v) is 5.05. The molecule has 2 aromatic rings. The van der Waals surface area contributed by atoms with E-state index in [2.05, 4.69) is 17.8 Å². The molecule has 2 heterocycles. The van der Waals surface area contributed by atoms with Crippen molar-refractivity contribution in [1.29, 1.82) is 0 Å². The summed E-state index contributed by atoms with van der Waals surface area (Å²) in [6.45, 7) is 2.98. The van der Waals surface area contributed by atoms with Crippen molar-refractivity contribution in [3.05, 3.63) is 51.2 Å². The predicted molar refractivity (Wildman–Crippen MR) is 113 cm³/mol. The second-order valence-corrected chi connectivity index (χ2v) is 9.04. The van der Waals surface area contributed by atoms with Crippen LogP contribution in [0.1, 0.15) is 51.9 Å². The molecule has 7 heteroatoms.